The fourth-order valence-corrected chi connectivity index (χ4v) is 2.88. The van der Waals surface area contributed by atoms with Crippen LogP contribution >= 0.6 is 11.6 Å². The van der Waals surface area contributed by atoms with Gasteiger partial charge in [-0.3, -0.25) is 4.57 Å². The van der Waals surface area contributed by atoms with Crippen molar-refractivity contribution in [3.8, 4) is 11.4 Å². The van der Waals surface area contributed by atoms with Crippen molar-refractivity contribution in [2.45, 2.75) is 26.8 Å². The summed E-state index contributed by atoms with van der Waals surface area (Å²) in [7, 11) is 0. The van der Waals surface area contributed by atoms with Gasteiger partial charge in [0, 0.05) is 11.1 Å². The summed E-state index contributed by atoms with van der Waals surface area (Å²) in [6.45, 7) is 5.85. The zero-order valence-corrected chi connectivity index (χ0v) is 12.8. The Bertz CT molecular complexity index is 744. The molecule has 5 nitrogen and oxygen atoms in total. The number of aryl methyl sites for hydroxylation is 2. The second kappa shape index (κ2) is 5.33. The van der Waals surface area contributed by atoms with Crippen molar-refractivity contribution in [3.05, 3.63) is 52.6 Å². The number of aromatic nitrogens is 4. The SMILES string of the molecule is Cc1noc(C)c1C(C)n1c(Cl)nnc1-c1ccccc1. The maximum Gasteiger partial charge on any atom is 0.225 e. The minimum absolute atomic E-state index is 0.0612. The highest BCUT2D eigenvalue weighted by Crippen LogP contribution is 2.31. The lowest BCUT2D eigenvalue weighted by molar-refractivity contribution is 0.391. The molecule has 0 saturated heterocycles. The summed E-state index contributed by atoms with van der Waals surface area (Å²) in [5, 5.41) is 12.6. The monoisotopic (exact) mass is 302 g/mol. The third-order valence-corrected chi connectivity index (χ3v) is 3.84. The molecule has 0 bridgehead atoms. The van der Waals surface area contributed by atoms with Gasteiger partial charge < -0.3 is 4.52 Å². The second-order valence-electron chi connectivity index (χ2n) is 4.94. The highest BCUT2D eigenvalue weighted by molar-refractivity contribution is 6.28. The molecule has 6 heteroatoms. The Balaban J connectivity index is 2.13. The van der Waals surface area contributed by atoms with Gasteiger partial charge in [0.05, 0.1) is 11.7 Å². The van der Waals surface area contributed by atoms with E-state index in [0.29, 0.717) is 5.28 Å². The van der Waals surface area contributed by atoms with Gasteiger partial charge in [0.15, 0.2) is 5.82 Å². The molecule has 2 aromatic heterocycles. The summed E-state index contributed by atoms with van der Waals surface area (Å²) >= 11 is 6.25. The van der Waals surface area contributed by atoms with Gasteiger partial charge in [-0.1, -0.05) is 35.5 Å². The van der Waals surface area contributed by atoms with Crippen molar-refractivity contribution in [1.29, 1.82) is 0 Å². The number of hydrogen-bond acceptors (Lipinski definition) is 4. The maximum atomic E-state index is 6.25. The molecule has 0 N–H and O–H groups in total. The van der Waals surface area contributed by atoms with Crippen LogP contribution in [-0.4, -0.2) is 19.9 Å². The number of rotatable bonds is 3. The number of halogens is 1. The van der Waals surface area contributed by atoms with Gasteiger partial charge in [0.1, 0.15) is 5.76 Å². The Morgan fingerprint density at radius 2 is 1.86 bits per heavy atom. The quantitative estimate of drug-likeness (QED) is 0.738. The Hall–Kier alpha value is -2.14. The summed E-state index contributed by atoms with van der Waals surface area (Å²) < 4.78 is 7.14. The fourth-order valence-electron chi connectivity index (χ4n) is 2.62. The van der Waals surface area contributed by atoms with Crippen molar-refractivity contribution in [2.24, 2.45) is 0 Å². The molecule has 0 aliphatic carbocycles. The fraction of sp³-hybridized carbons (Fsp3) is 0.267. The molecule has 3 rings (SSSR count). The van der Waals surface area contributed by atoms with E-state index in [2.05, 4.69) is 15.4 Å². The van der Waals surface area contributed by atoms with Crippen LogP contribution in [0.5, 0.6) is 0 Å². The van der Waals surface area contributed by atoms with E-state index >= 15 is 0 Å². The average molecular weight is 303 g/mol. The topological polar surface area (TPSA) is 56.7 Å². The molecule has 0 amide bonds. The van der Waals surface area contributed by atoms with Gasteiger partial charge in [-0.15, -0.1) is 10.2 Å². The molecule has 0 saturated carbocycles. The Kier molecular flexibility index (Phi) is 3.51. The summed E-state index contributed by atoms with van der Waals surface area (Å²) in [5.74, 6) is 1.51. The maximum absolute atomic E-state index is 6.25. The molecular weight excluding hydrogens is 288 g/mol. The first kappa shape index (κ1) is 13.8. The summed E-state index contributed by atoms with van der Waals surface area (Å²) in [5.41, 5.74) is 2.83. The minimum atomic E-state index is -0.0612. The molecule has 0 fully saturated rings. The van der Waals surface area contributed by atoms with Crippen LogP contribution in [0, 0.1) is 13.8 Å². The van der Waals surface area contributed by atoms with E-state index in [1.807, 2.05) is 55.7 Å². The molecule has 1 aromatic carbocycles. The number of benzene rings is 1. The smallest absolute Gasteiger partial charge is 0.225 e. The molecule has 0 spiro atoms. The van der Waals surface area contributed by atoms with Crippen molar-refractivity contribution in [1.82, 2.24) is 19.9 Å². The first-order valence-corrected chi connectivity index (χ1v) is 7.06. The predicted molar refractivity (Wildman–Crippen MR) is 80.3 cm³/mol. The van der Waals surface area contributed by atoms with Crippen LogP contribution in [0.1, 0.15) is 30.0 Å². The van der Waals surface area contributed by atoms with Crippen LogP contribution in [0.3, 0.4) is 0 Å². The Labute approximate surface area is 127 Å². The van der Waals surface area contributed by atoms with Crippen LogP contribution < -0.4 is 0 Å². The van der Waals surface area contributed by atoms with Gasteiger partial charge in [0.25, 0.3) is 0 Å². The Morgan fingerprint density at radius 3 is 2.48 bits per heavy atom. The molecule has 0 radical (unpaired) electrons. The van der Waals surface area contributed by atoms with Gasteiger partial charge >= 0.3 is 0 Å². The molecule has 3 aromatic rings. The van der Waals surface area contributed by atoms with Crippen molar-refractivity contribution in [2.75, 3.05) is 0 Å². The lowest BCUT2D eigenvalue weighted by atomic mass is 10.1. The molecule has 21 heavy (non-hydrogen) atoms. The predicted octanol–water partition coefficient (Wildman–Crippen LogP) is 3.81. The molecule has 0 aliphatic heterocycles. The molecule has 2 heterocycles. The van der Waals surface area contributed by atoms with Crippen LogP contribution in [0.15, 0.2) is 34.9 Å². The highest BCUT2D eigenvalue weighted by Gasteiger charge is 2.23. The van der Waals surface area contributed by atoms with Crippen molar-refractivity contribution >= 4 is 11.6 Å². The molecule has 1 unspecified atom stereocenters. The van der Waals surface area contributed by atoms with E-state index in [1.54, 1.807) is 0 Å². The van der Waals surface area contributed by atoms with E-state index in [-0.39, 0.29) is 6.04 Å². The van der Waals surface area contributed by atoms with Gasteiger partial charge in [-0.25, -0.2) is 0 Å². The van der Waals surface area contributed by atoms with Crippen molar-refractivity contribution < 1.29 is 4.52 Å². The van der Waals surface area contributed by atoms with E-state index < -0.39 is 0 Å². The molecule has 0 aliphatic rings. The first-order chi connectivity index (χ1) is 10.1. The van der Waals surface area contributed by atoms with E-state index in [1.165, 1.54) is 0 Å². The van der Waals surface area contributed by atoms with Crippen LogP contribution in [0.2, 0.25) is 5.28 Å². The minimum Gasteiger partial charge on any atom is -0.361 e. The van der Waals surface area contributed by atoms with Crippen LogP contribution in [0.4, 0.5) is 0 Å². The lowest BCUT2D eigenvalue weighted by Crippen LogP contribution is -2.10. The zero-order chi connectivity index (χ0) is 15.0. The average Bonchev–Trinajstić information content (AvgIpc) is 3.02. The van der Waals surface area contributed by atoms with Gasteiger partial charge in [-0.2, -0.15) is 0 Å². The van der Waals surface area contributed by atoms with Gasteiger partial charge in [-0.05, 0) is 32.4 Å². The summed E-state index contributed by atoms with van der Waals surface area (Å²) in [6, 6.07) is 9.79. The molecule has 1 atom stereocenters. The highest BCUT2D eigenvalue weighted by atomic mass is 35.5. The zero-order valence-electron chi connectivity index (χ0n) is 12.0. The van der Waals surface area contributed by atoms with Crippen molar-refractivity contribution in [3.63, 3.8) is 0 Å². The van der Waals surface area contributed by atoms with E-state index in [0.717, 1.165) is 28.4 Å². The summed E-state index contributed by atoms with van der Waals surface area (Å²) in [4.78, 5) is 0. The number of hydrogen-bond donors (Lipinski definition) is 0. The third-order valence-electron chi connectivity index (χ3n) is 3.58. The van der Waals surface area contributed by atoms with Crippen LogP contribution in [-0.2, 0) is 0 Å². The lowest BCUT2D eigenvalue weighted by Gasteiger charge is -2.16. The largest absolute Gasteiger partial charge is 0.361 e. The molecule has 108 valence electrons. The first-order valence-electron chi connectivity index (χ1n) is 6.68. The van der Waals surface area contributed by atoms with Gasteiger partial charge in [0.2, 0.25) is 5.28 Å². The number of nitrogens with zero attached hydrogens (tertiary/aromatic N) is 4. The van der Waals surface area contributed by atoms with Crippen LogP contribution in [0.25, 0.3) is 11.4 Å². The third kappa shape index (κ3) is 2.34. The summed E-state index contributed by atoms with van der Waals surface area (Å²) in [6.07, 6.45) is 0. The normalized spacial score (nSPS) is 12.6. The standard InChI is InChI=1S/C15H15ClN4O/c1-9-13(11(3)21-19-9)10(2)20-14(17-18-15(20)16)12-7-5-4-6-8-12/h4-8,10H,1-3H3. The van der Waals surface area contributed by atoms with E-state index in [4.69, 9.17) is 16.1 Å². The molecular formula is C15H15ClN4O. The van der Waals surface area contributed by atoms with E-state index in [9.17, 15) is 0 Å². The Morgan fingerprint density at radius 1 is 1.14 bits per heavy atom. The second-order valence-corrected chi connectivity index (χ2v) is 5.28.